The highest BCUT2D eigenvalue weighted by Gasteiger charge is 2.22. The summed E-state index contributed by atoms with van der Waals surface area (Å²) in [6, 6.07) is 26.3. The first-order valence-corrected chi connectivity index (χ1v) is 11.6. The Labute approximate surface area is 201 Å². The van der Waals surface area contributed by atoms with Crippen LogP contribution in [-0.2, 0) is 29.0 Å². The van der Waals surface area contributed by atoms with Crippen molar-refractivity contribution in [1.82, 2.24) is 16.0 Å². The normalized spacial score (nSPS) is 12.5. The summed E-state index contributed by atoms with van der Waals surface area (Å²) in [5.74, 6) is -0.194. The first-order valence-electron chi connectivity index (χ1n) is 11.6. The molecule has 0 aromatic heterocycles. The van der Waals surface area contributed by atoms with Crippen LogP contribution < -0.4 is 16.0 Å². The van der Waals surface area contributed by atoms with Crippen LogP contribution in [0.15, 0.2) is 78.9 Å². The van der Waals surface area contributed by atoms with Crippen LogP contribution in [0.25, 0.3) is 0 Å². The molecule has 0 aliphatic carbocycles. The van der Waals surface area contributed by atoms with E-state index in [9.17, 15) is 14.7 Å². The highest BCUT2D eigenvalue weighted by Crippen LogP contribution is 2.10. The number of phenolic OH excluding ortho intramolecular Hbond substituents is 1. The van der Waals surface area contributed by atoms with Gasteiger partial charge in [0.15, 0.2) is 0 Å². The predicted molar refractivity (Wildman–Crippen MR) is 133 cm³/mol. The zero-order valence-electron chi connectivity index (χ0n) is 19.5. The van der Waals surface area contributed by atoms with E-state index < -0.39 is 12.1 Å². The molecule has 0 heterocycles. The molecule has 0 spiro atoms. The number of carbonyl (C=O) groups excluding carboxylic acids is 2. The number of benzene rings is 3. The molecule has 3 rings (SSSR count). The minimum absolute atomic E-state index is 0.196. The van der Waals surface area contributed by atoms with E-state index in [4.69, 9.17) is 0 Å². The van der Waals surface area contributed by atoms with E-state index in [0.717, 1.165) is 29.5 Å². The van der Waals surface area contributed by atoms with Gasteiger partial charge >= 0.3 is 0 Å². The van der Waals surface area contributed by atoms with Crippen molar-refractivity contribution in [2.75, 3.05) is 6.54 Å². The second-order valence-corrected chi connectivity index (χ2v) is 8.30. The summed E-state index contributed by atoms with van der Waals surface area (Å²) in [4.78, 5) is 25.6. The quantitative estimate of drug-likeness (QED) is 0.336. The van der Waals surface area contributed by atoms with Crippen LogP contribution in [-0.4, -0.2) is 35.5 Å². The second-order valence-electron chi connectivity index (χ2n) is 8.30. The van der Waals surface area contributed by atoms with E-state index in [1.54, 1.807) is 31.2 Å². The number of aryl methyl sites for hydroxylation is 1. The molecule has 0 bridgehead atoms. The number of rotatable bonds is 12. The highest BCUT2D eigenvalue weighted by atomic mass is 16.3. The smallest absolute Gasteiger partial charge is 0.242 e. The summed E-state index contributed by atoms with van der Waals surface area (Å²) in [5.41, 5.74) is 3.20. The zero-order chi connectivity index (χ0) is 24.2. The maximum atomic E-state index is 13.0. The molecule has 0 fully saturated rings. The molecule has 3 aromatic carbocycles. The summed E-state index contributed by atoms with van der Waals surface area (Å²) in [6.07, 6.45) is 2.08. The number of phenols is 1. The fourth-order valence-corrected chi connectivity index (χ4v) is 3.60. The van der Waals surface area contributed by atoms with Crippen LogP contribution in [0.4, 0.5) is 0 Å². The van der Waals surface area contributed by atoms with E-state index in [1.807, 2.05) is 54.6 Å². The lowest BCUT2D eigenvalue weighted by Crippen LogP contribution is -2.52. The molecule has 0 saturated heterocycles. The summed E-state index contributed by atoms with van der Waals surface area (Å²) in [5, 5.41) is 18.5. The molecular formula is C28H32N3O3. The Hall–Kier alpha value is -3.64. The van der Waals surface area contributed by atoms with Gasteiger partial charge in [-0.15, -0.1) is 0 Å². The van der Waals surface area contributed by atoms with Crippen molar-refractivity contribution < 1.29 is 14.7 Å². The Morgan fingerprint density at radius 3 is 2.24 bits per heavy atom. The minimum Gasteiger partial charge on any atom is -0.508 e. The third kappa shape index (κ3) is 8.37. The van der Waals surface area contributed by atoms with Gasteiger partial charge in [0.2, 0.25) is 11.8 Å². The molecule has 6 heteroatoms. The maximum Gasteiger partial charge on any atom is 0.242 e. The van der Waals surface area contributed by atoms with Gasteiger partial charge in [-0.2, -0.15) is 0 Å². The summed E-state index contributed by atoms with van der Waals surface area (Å²) >= 11 is 0. The van der Waals surface area contributed by atoms with Crippen molar-refractivity contribution in [3.05, 3.63) is 102 Å². The van der Waals surface area contributed by atoms with E-state index in [-0.39, 0.29) is 17.6 Å². The summed E-state index contributed by atoms with van der Waals surface area (Å²) in [6.45, 7) is 2.69. The first-order chi connectivity index (χ1) is 16.5. The number of aromatic hydroxyl groups is 1. The molecule has 4 N–H and O–H groups in total. The van der Waals surface area contributed by atoms with Crippen LogP contribution in [0.2, 0.25) is 0 Å². The number of hydrogen-bond acceptors (Lipinski definition) is 4. The van der Waals surface area contributed by atoms with Gasteiger partial charge in [-0.3, -0.25) is 9.59 Å². The number of amides is 2. The Bertz CT molecular complexity index is 1020. The zero-order valence-corrected chi connectivity index (χ0v) is 19.5. The Morgan fingerprint density at radius 1 is 0.853 bits per heavy atom. The fraction of sp³-hybridized carbons (Fsp3) is 0.286. The maximum absolute atomic E-state index is 13.0. The van der Waals surface area contributed by atoms with Crippen LogP contribution in [0.1, 0.15) is 30.0 Å². The molecule has 177 valence electrons. The van der Waals surface area contributed by atoms with Gasteiger partial charge in [-0.1, -0.05) is 66.7 Å². The van der Waals surface area contributed by atoms with Crippen molar-refractivity contribution in [2.45, 2.75) is 44.8 Å². The molecule has 6 nitrogen and oxygen atoms in total. The van der Waals surface area contributed by atoms with Crippen molar-refractivity contribution in [3.63, 3.8) is 0 Å². The molecule has 3 aromatic rings. The molecule has 2 atom stereocenters. The average Bonchev–Trinajstić information content (AvgIpc) is 2.86. The standard InChI is InChI=1S/C28H32N3O3/c1-21(27(33)30-20-24-10-6-3-7-11-24)31-28(34)26(17-14-22-8-4-2-5-9-22)29-19-18-23-12-15-25(32)16-13-23/h2,4-13,15-16,21,26,29,32H,14,17-20H2,1H3,(H,30,33)(H,31,34)/t21-,26+/m0/s1. The van der Waals surface area contributed by atoms with Crippen LogP contribution in [0.5, 0.6) is 5.75 Å². The molecule has 0 aliphatic heterocycles. The Morgan fingerprint density at radius 2 is 1.53 bits per heavy atom. The minimum atomic E-state index is -0.652. The first kappa shape index (κ1) is 25.0. The lowest BCUT2D eigenvalue weighted by atomic mass is 10.0. The van der Waals surface area contributed by atoms with Crippen molar-refractivity contribution in [3.8, 4) is 5.75 Å². The number of nitrogens with one attached hydrogen (secondary N) is 3. The third-order valence-corrected chi connectivity index (χ3v) is 5.63. The predicted octanol–water partition coefficient (Wildman–Crippen LogP) is 3.15. The van der Waals surface area contributed by atoms with E-state index in [2.05, 4.69) is 22.0 Å². The molecule has 0 unspecified atom stereocenters. The van der Waals surface area contributed by atoms with E-state index in [1.165, 1.54) is 0 Å². The van der Waals surface area contributed by atoms with Crippen molar-refractivity contribution >= 4 is 11.8 Å². The van der Waals surface area contributed by atoms with E-state index >= 15 is 0 Å². The van der Waals surface area contributed by atoms with Crippen LogP contribution >= 0.6 is 0 Å². The third-order valence-electron chi connectivity index (χ3n) is 5.63. The van der Waals surface area contributed by atoms with Crippen molar-refractivity contribution in [1.29, 1.82) is 0 Å². The van der Waals surface area contributed by atoms with Crippen LogP contribution in [0.3, 0.4) is 0 Å². The summed E-state index contributed by atoms with van der Waals surface area (Å²) in [7, 11) is 0. The molecular weight excluding hydrogens is 426 g/mol. The number of carbonyl (C=O) groups is 2. The van der Waals surface area contributed by atoms with Gasteiger partial charge in [-0.05, 0) is 67.6 Å². The van der Waals surface area contributed by atoms with Crippen molar-refractivity contribution in [2.24, 2.45) is 0 Å². The fourth-order valence-electron chi connectivity index (χ4n) is 3.60. The Kier molecular flexibility index (Phi) is 9.67. The van der Waals surface area contributed by atoms with Gasteiger partial charge in [0.1, 0.15) is 11.8 Å². The molecule has 0 saturated carbocycles. The van der Waals surface area contributed by atoms with Crippen LogP contribution in [0, 0.1) is 6.07 Å². The monoisotopic (exact) mass is 458 g/mol. The molecule has 1 radical (unpaired) electrons. The molecule has 0 aliphatic rings. The highest BCUT2D eigenvalue weighted by molar-refractivity contribution is 5.89. The second kappa shape index (κ2) is 13.2. The molecule has 2 amide bonds. The lowest BCUT2D eigenvalue weighted by molar-refractivity contribution is -0.129. The van der Waals surface area contributed by atoms with Gasteiger partial charge in [0.25, 0.3) is 0 Å². The largest absolute Gasteiger partial charge is 0.508 e. The van der Waals surface area contributed by atoms with Gasteiger partial charge in [0.05, 0.1) is 6.04 Å². The number of hydrogen-bond donors (Lipinski definition) is 4. The Balaban J connectivity index is 1.54. The van der Waals surface area contributed by atoms with Gasteiger partial charge in [-0.25, -0.2) is 0 Å². The molecule has 34 heavy (non-hydrogen) atoms. The van der Waals surface area contributed by atoms with Gasteiger partial charge < -0.3 is 21.1 Å². The SMILES string of the molecule is C[C@H](NC(=O)[C@@H](CCc1ccccc1)NCCc1ccc(O)cc1)C(=O)NCc1cc[c]cc1. The average molecular weight is 459 g/mol. The van der Waals surface area contributed by atoms with Gasteiger partial charge in [0, 0.05) is 6.54 Å². The van der Waals surface area contributed by atoms with E-state index in [0.29, 0.717) is 19.5 Å². The summed E-state index contributed by atoms with van der Waals surface area (Å²) < 4.78 is 0. The lowest BCUT2D eigenvalue weighted by Gasteiger charge is -2.21. The topological polar surface area (TPSA) is 90.5 Å².